The second-order valence-electron chi connectivity index (χ2n) is 3.39. The highest BCUT2D eigenvalue weighted by Crippen LogP contribution is 2.19. The number of nitrogens with two attached hydrogens (primary N) is 1. The zero-order valence-corrected chi connectivity index (χ0v) is 10.3. The van der Waals surface area contributed by atoms with Gasteiger partial charge in [-0.2, -0.15) is 0 Å². The topological polar surface area (TPSA) is 65.2 Å². The van der Waals surface area contributed by atoms with Gasteiger partial charge in [0.2, 0.25) is 0 Å². The van der Waals surface area contributed by atoms with Gasteiger partial charge in [-0.1, -0.05) is 6.92 Å². The summed E-state index contributed by atoms with van der Waals surface area (Å²) in [5, 5.41) is 0.866. The summed E-state index contributed by atoms with van der Waals surface area (Å²) in [4.78, 5) is 15.5. The third-order valence-electron chi connectivity index (χ3n) is 1.93. The lowest BCUT2D eigenvalue weighted by Crippen LogP contribution is -2.16. The first-order valence-electron chi connectivity index (χ1n) is 5.14. The lowest BCUT2D eigenvalue weighted by molar-refractivity contribution is -0.146. The molecule has 4 nitrogen and oxygen atoms in total. The van der Waals surface area contributed by atoms with Crippen molar-refractivity contribution in [1.82, 2.24) is 4.98 Å². The third kappa shape index (κ3) is 4.10. The summed E-state index contributed by atoms with van der Waals surface area (Å²) in [5.41, 5.74) is 6.17. The van der Waals surface area contributed by atoms with Crippen LogP contribution in [0.15, 0.2) is 23.4 Å². The van der Waals surface area contributed by atoms with Crippen LogP contribution in [0.2, 0.25) is 0 Å². The van der Waals surface area contributed by atoms with E-state index < -0.39 is 0 Å². The van der Waals surface area contributed by atoms with E-state index in [0.717, 1.165) is 5.03 Å². The Kier molecular flexibility index (Phi) is 5.11. The second-order valence-corrected chi connectivity index (χ2v) is 4.43. The summed E-state index contributed by atoms with van der Waals surface area (Å²) >= 11 is 1.52. The number of anilines is 1. The number of carbonyl (C=O) groups is 1. The Balaban J connectivity index is 2.39. The monoisotopic (exact) mass is 240 g/mol. The zero-order chi connectivity index (χ0) is 12.0. The fraction of sp³-hybridized carbons (Fsp3) is 0.455. The van der Waals surface area contributed by atoms with Crippen molar-refractivity contribution in [2.75, 3.05) is 18.1 Å². The van der Waals surface area contributed by atoms with Gasteiger partial charge in [-0.05, 0) is 19.1 Å². The van der Waals surface area contributed by atoms with E-state index in [-0.39, 0.29) is 11.9 Å². The first-order valence-corrected chi connectivity index (χ1v) is 6.13. The highest BCUT2D eigenvalue weighted by Gasteiger charge is 2.14. The molecule has 0 aliphatic rings. The maximum Gasteiger partial charge on any atom is 0.309 e. The molecule has 2 N–H and O–H groups in total. The van der Waals surface area contributed by atoms with Gasteiger partial charge in [0.25, 0.3) is 0 Å². The van der Waals surface area contributed by atoms with Crippen LogP contribution in [0.25, 0.3) is 0 Å². The van der Waals surface area contributed by atoms with Crippen LogP contribution in [0, 0.1) is 5.92 Å². The maximum absolute atomic E-state index is 11.3. The van der Waals surface area contributed by atoms with Gasteiger partial charge in [0.15, 0.2) is 0 Å². The number of pyridine rings is 1. The number of hydrogen-bond acceptors (Lipinski definition) is 5. The molecule has 0 saturated carbocycles. The van der Waals surface area contributed by atoms with Crippen LogP contribution in [0.4, 0.5) is 5.69 Å². The second kappa shape index (κ2) is 6.37. The molecule has 0 saturated heterocycles. The highest BCUT2D eigenvalue weighted by molar-refractivity contribution is 7.99. The molecule has 0 fully saturated rings. The Morgan fingerprint density at radius 3 is 2.94 bits per heavy atom. The van der Waals surface area contributed by atoms with Gasteiger partial charge in [0.05, 0.1) is 29.4 Å². The Morgan fingerprint density at radius 1 is 1.62 bits per heavy atom. The van der Waals surface area contributed by atoms with Crippen molar-refractivity contribution < 1.29 is 9.53 Å². The van der Waals surface area contributed by atoms with Crippen LogP contribution in [-0.4, -0.2) is 23.3 Å². The standard InChI is InChI=1S/C11H16N2O2S/c1-3-15-11(14)8(2)7-16-10-5-4-9(12)6-13-10/h4-6,8H,3,7,12H2,1-2H3. The van der Waals surface area contributed by atoms with Crippen molar-refractivity contribution in [3.63, 3.8) is 0 Å². The number of nitrogen functional groups attached to an aromatic ring is 1. The van der Waals surface area contributed by atoms with Gasteiger partial charge in [-0.3, -0.25) is 4.79 Å². The molecule has 0 spiro atoms. The molecule has 88 valence electrons. The van der Waals surface area contributed by atoms with E-state index in [1.807, 2.05) is 13.0 Å². The van der Waals surface area contributed by atoms with Crippen LogP contribution in [-0.2, 0) is 9.53 Å². The van der Waals surface area contributed by atoms with Crippen molar-refractivity contribution >= 4 is 23.4 Å². The predicted molar refractivity (Wildman–Crippen MR) is 65.2 cm³/mol. The molecule has 0 amide bonds. The number of carbonyl (C=O) groups excluding carboxylic acids is 1. The van der Waals surface area contributed by atoms with E-state index in [1.165, 1.54) is 11.8 Å². The number of esters is 1. The summed E-state index contributed by atoms with van der Waals surface area (Å²) in [6.07, 6.45) is 1.61. The number of hydrogen-bond donors (Lipinski definition) is 1. The van der Waals surface area contributed by atoms with E-state index in [2.05, 4.69) is 4.98 Å². The molecule has 1 aromatic rings. The molecule has 1 aromatic heterocycles. The molecular weight excluding hydrogens is 224 g/mol. The molecule has 0 aliphatic heterocycles. The van der Waals surface area contributed by atoms with Crippen LogP contribution < -0.4 is 5.73 Å². The first kappa shape index (κ1) is 12.8. The van der Waals surface area contributed by atoms with Gasteiger partial charge in [0, 0.05) is 5.75 Å². The molecule has 1 heterocycles. The Labute approximate surface area is 99.6 Å². The van der Waals surface area contributed by atoms with Crippen molar-refractivity contribution in [2.24, 2.45) is 5.92 Å². The molecule has 0 aliphatic carbocycles. The first-order chi connectivity index (χ1) is 7.63. The Bertz CT molecular complexity index is 340. The quantitative estimate of drug-likeness (QED) is 0.629. The molecule has 5 heteroatoms. The predicted octanol–water partition coefficient (Wildman–Crippen LogP) is 1.96. The van der Waals surface area contributed by atoms with E-state index in [4.69, 9.17) is 10.5 Å². The summed E-state index contributed by atoms with van der Waals surface area (Å²) < 4.78 is 4.92. The normalized spacial score (nSPS) is 12.1. The number of rotatable bonds is 5. The summed E-state index contributed by atoms with van der Waals surface area (Å²) in [5.74, 6) is 0.380. The van der Waals surface area contributed by atoms with Crippen molar-refractivity contribution in [1.29, 1.82) is 0 Å². The van der Waals surface area contributed by atoms with Crippen molar-refractivity contribution in [2.45, 2.75) is 18.9 Å². The van der Waals surface area contributed by atoms with Gasteiger partial charge < -0.3 is 10.5 Å². The largest absolute Gasteiger partial charge is 0.466 e. The lowest BCUT2D eigenvalue weighted by Gasteiger charge is -2.09. The number of aromatic nitrogens is 1. The summed E-state index contributed by atoms with van der Waals surface area (Å²) in [6, 6.07) is 3.64. The minimum atomic E-state index is -0.162. The summed E-state index contributed by atoms with van der Waals surface area (Å²) in [6.45, 7) is 4.08. The Morgan fingerprint density at radius 2 is 2.38 bits per heavy atom. The average Bonchev–Trinajstić information content (AvgIpc) is 2.28. The molecular formula is C11H16N2O2S. The molecule has 1 rings (SSSR count). The van der Waals surface area contributed by atoms with Gasteiger partial charge in [-0.15, -0.1) is 11.8 Å². The minimum Gasteiger partial charge on any atom is -0.466 e. The molecule has 1 atom stereocenters. The van der Waals surface area contributed by atoms with E-state index in [1.54, 1.807) is 19.2 Å². The fourth-order valence-corrected chi connectivity index (χ4v) is 1.89. The van der Waals surface area contributed by atoms with Gasteiger partial charge in [0.1, 0.15) is 0 Å². The van der Waals surface area contributed by atoms with Gasteiger partial charge in [-0.25, -0.2) is 4.98 Å². The van der Waals surface area contributed by atoms with Crippen molar-refractivity contribution in [3.05, 3.63) is 18.3 Å². The minimum absolute atomic E-state index is 0.121. The van der Waals surface area contributed by atoms with E-state index >= 15 is 0 Å². The molecule has 0 radical (unpaired) electrons. The van der Waals surface area contributed by atoms with Crippen LogP contribution >= 0.6 is 11.8 Å². The number of ether oxygens (including phenoxy) is 1. The van der Waals surface area contributed by atoms with Crippen LogP contribution in [0.1, 0.15) is 13.8 Å². The number of thioether (sulfide) groups is 1. The SMILES string of the molecule is CCOC(=O)C(C)CSc1ccc(N)cn1. The molecule has 0 aromatic carbocycles. The van der Waals surface area contributed by atoms with Crippen molar-refractivity contribution in [3.8, 4) is 0 Å². The average molecular weight is 240 g/mol. The van der Waals surface area contributed by atoms with Gasteiger partial charge >= 0.3 is 5.97 Å². The Hall–Kier alpha value is -1.23. The smallest absolute Gasteiger partial charge is 0.309 e. The number of nitrogens with zero attached hydrogens (tertiary/aromatic N) is 1. The third-order valence-corrected chi connectivity index (χ3v) is 3.13. The van der Waals surface area contributed by atoms with Crippen LogP contribution in [0.3, 0.4) is 0 Å². The van der Waals surface area contributed by atoms with E-state index in [0.29, 0.717) is 18.0 Å². The lowest BCUT2D eigenvalue weighted by atomic mass is 10.2. The van der Waals surface area contributed by atoms with E-state index in [9.17, 15) is 4.79 Å². The fourth-order valence-electron chi connectivity index (χ4n) is 1.04. The molecule has 16 heavy (non-hydrogen) atoms. The highest BCUT2D eigenvalue weighted by atomic mass is 32.2. The van der Waals surface area contributed by atoms with Crippen LogP contribution in [0.5, 0.6) is 0 Å². The summed E-state index contributed by atoms with van der Waals surface area (Å²) in [7, 11) is 0. The molecule has 1 unspecified atom stereocenters. The maximum atomic E-state index is 11.3. The zero-order valence-electron chi connectivity index (χ0n) is 9.47. The molecule has 0 bridgehead atoms.